The average Bonchev–Trinajstić information content (AvgIpc) is 3.04. The zero-order valence-electron chi connectivity index (χ0n) is 14.5. The fourth-order valence-electron chi connectivity index (χ4n) is 3.94. The molecule has 130 valence electrons. The van der Waals surface area contributed by atoms with Crippen LogP contribution in [0.15, 0.2) is 18.2 Å². The smallest absolute Gasteiger partial charge is 0.269 e. The maximum absolute atomic E-state index is 13.0. The lowest BCUT2D eigenvalue weighted by molar-refractivity contribution is -0.145. The van der Waals surface area contributed by atoms with Crippen LogP contribution in [0.1, 0.15) is 43.1 Å². The first-order valence-corrected chi connectivity index (χ1v) is 8.83. The number of pyridine rings is 1. The minimum absolute atomic E-state index is 0.186. The molecule has 1 atom stereocenters. The normalized spacial score (nSPS) is 23.8. The van der Waals surface area contributed by atoms with Crippen molar-refractivity contribution in [3.8, 4) is 0 Å². The first-order valence-electron chi connectivity index (χ1n) is 8.83. The molecule has 1 aromatic rings. The summed E-state index contributed by atoms with van der Waals surface area (Å²) < 4.78 is 0. The van der Waals surface area contributed by atoms with Gasteiger partial charge in [0.1, 0.15) is 11.5 Å². The number of carbonyl (C=O) groups is 2. The Morgan fingerprint density at radius 2 is 2.17 bits per heavy atom. The Morgan fingerprint density at radius 1 is 1.33 bits per heavy atom. The van der Waals surface area contributed by atoms with Crippen molar-refractivity contribution in [3.63, 3.8) is 0 Å². The maximum Gasteiger partial charge on any atom is 0.269 e. The van der Waals surface area contributed by atoms with Crippen LogP contribution in [0, 0.1) is 5.41 Å². The van der Waals surface area contributed by atoms with Crippen molar-refractivity contribution in [2.75, 3.05) is 38.1 Å². The van der Waals surface area contributed by atoms with Crippen LogP contribution in [0.2, 0.25) is 0 Å². The summed E-state index contributed by atoms with van der Waals surface area (Å²) in [5.74, 6) is 0.905. The van der Waals surface area contributed by atoms with Crippen LogP contribution in [-0.2, 0) is 4.79 Å². The lowest BCUT2D eigenvalue weighted by atomic mass is 9.78. The Morgan fingerprint density at radius 3 is 2.92 bits per heavy atom. The van der Waals surface area contributed by atoms with E-state index < -0.39 is 0 Å². The summed E-state index contributed by atoms with van der Waals surface area (Å²) in [6.07, 6.45) is 3.90. The number of amides is 2. The maximum atomic E-state index is 13.0. The zero-order valence-corrected chi connectivity index (χ0v) is 14.5. The minimum Gasteiger partial charge on any atom is -0.355 e. The van der Waals surface area contributed by atoms with E-state index in [0.29, 0.717) is 18.1 Å². The Bertz CT molecular complexity index is 631. The molecule has 0 bridgehead atoms. The molecule has 1 aromatic heterocycles. The molecule has 2 saturated heterocycles. The molecule has 2 fully saturated rings. The molecular weight excluding hydrogens is 304 g/mol. The Labute approximate surface area is 143 Å². The van der Waals surface area contributed by atoms with Gasteiger partial charge in [-0.25, -0.2) is 4.98 Å². The molecular formula is C18H26N4O2. The topological polar surface area (TPSA) is 65.5 Å². The number of aromatic nitrogens is 1. The summed E-state index contributed by atoms with van der Waals surface area (Å²) in [7, 11) is 1.60. The van der Waals surface area contributed by atoms with Gasteiger partial charge in [0, 0.05) is 33.2 Å². The molecule has 2 aliphatic heterocycles. The van der Waals surface area contributed by atoms with Gasteiger partial charge in [-0.05, 0) is 37.8 Å². The number of anilines is 1. The fraction of sp³-hybridized carbons (Fsp3) is 0.611. The summed E-state index contributed by atoms with van der Waals surface area (Å²) in [6, 6.07) is 5.48. The molecule has 1 spiro atoms. The highest BCUT2D eigenvalue weighted by atomic mass is 16.2. The van der Waals surface area contributed by atoms with E-state index >= 15 is 0 Å². The van der Waals surface area contributed by atoms with Gasteiger partial charge < -0.3 is 15.1 Å². The summed E-state index contributed by atoms with van der Waals surface area (Å²) in [5, 5.41) is 2.60. The number of hydrogen-bond donors (Lipinski definition) is 1. The second-order valence-electron chi connectivity index (χ2n) is 6.81. The van der Waals surface area contributed by atoms with E-state index in [9.17, 15) is 9.59 Å². The van der Waals surface area contributed by atoms with E-state index in [1.54, 1.807) is 13.1 Å². The third kappa shape index (κ3) is 2.97. The van der Waals surface area contributed by atoms with E-state index in [4.69, 9.17) is 0 Å². The van der Waals surface area contributed by atoms with Gasteiger partial charge >= 0.3 is 0 Å². The number of carbonyl (C=O) groups excluding carboxylic acids is 2. The van der Waals surface area contributed by atoms with Crippen molar-refractivity contribution in [1.29, 1.82) is 0 Å². The van der Waals surface area contributed by atoms with Crippen LogP contribution in [0.3, 0.4) is 0 Å². The summed E-state index contributed by atoms with van der Waals surface area (Å²) >= 11 is 0. The van der Waals surface area contributed by atoms with Gasteiger partial charge in [-0.1, -0.05) is 13.0 Å². The number of nitrogens with zero attached hydrogens (tertiary/aromatic N) is 3. The van der Waals surface area contributed by atoms with Crippen LogP contribution in [-0.4, -0.2) is 54.9 Å². The van der Waals surface area contributed by atoms with E-state index in [2.05, 4.69) is 22.1 Å². The molecule has 0 aliphatic carbocycles. The number of piperidine rings is 1. The highest BCUT2D eigenvalue weighted by molar-refractivity contribution is 5.92. The average molecular weight is 330 g/mol. The van der Waals surface area contributed by atoms with Crippen LogP contribution >= 0.6 is 0 Å². The van der Waals surface area contributed by atoms with E-state index in [1.807, 2.05) is 17.0 Å². The van der Waals surface area contributed by atoms with Crippen molar-refractivity contribution in [1.82, 2.24) is 15.2 Å². The molecule has 3 heterocycles. The Kier molecular flexibility index (Phi) is 4.73. The third-order valence-corrected chi connectivity index (χ3v) is 5.19. The largest absolute Gasteiger partial charge is 0.355 e. The van der Waals surface area contributed by atoms with Crippen molar-refractivity contribution < 1.29 is 9.59 Å². The van der Waals surface area contributed by atoms with Gasteiger partial charge in [-0.3, -0.25) is 9.59 Å². The molecule has 2 aliphatic rings. The summed E-state index contributed by atoms with van der Waals surface area (Å²) in [6.45, 7) is 5.37. The number of nitrogens with one attached hydrogen (secondary N) is 1. The minimum atomic E-state index is -0.266. The monoisotopic (exact) mass is 330 g/mol. The quantitative estimate of drug-likeness (QED) is 0.912. The first kappa shape index (κ1) is 16.7. The van der Waals surface area contributed by atoms with Crippen LogP contribution < -0.4 is 10.2 Å². The van der Waals surface area contributed by atoms with Crippen LogP contribution in [0.25, 0.3) is 0 Å². The third-order valence-electron chi connectivity index (χ3n) is 5.19. The molecule has 0 aromatic carbocycles. The molecule has 6 nitrogen and oxygen atoms in total. The van der Waals surface area contributed by atoms with Gasteiger partial charge in [0.25, 0.3) is 5.91 Å². The molecule has 24 heavy (non-hydrogen) atoms. The summed E-state index contributed by atoms with van der Waals surface area (Å²) in [4.78, 5) is 33.4. The van der Waals surface area contributed by atoms with E-state index in [0.717, 1.165) is 51.1 Å². The first-order chi connectivity index (χ1) is 11.6. The van der Waals surface area contributed by atoms with Crippen molar-refractivity contribution in [2.24, 2.45) is 5.41 Å². The van der Waals surface area contributed by atoms with E-state index in [1.165, 1.54) is 0 Å². The molecule has 3 rings (SSSR count). The Hall–Kier alpha value is -2.11. The second kappa shape index (κ2) is 6.79. The van der Waals surface area contributed by atoms with Gasteiger partial charge in [-0.15, -0.1) is 0 Å². The van der Waals surface area contributed by atoms with Crippen LogP contribution in [0.4, 0.5) is 5.82 Å². The Balaban J connectivity index is 1.77. The zero-order chi connectivity index (χ0) is 17.2. The van der Waals surface area contributed by atoms with Gasteiger partial charge in [0.2, 0.25) is 5.91 Å². The van der Waals surface area contributed by atoms with Gasteiger partial charge in [0.05, 0.1) is 5.41 Å². The molecule has 1 N–H and O–H groups in total. The van der Waals surface area contributed by atoms with E-state index in [-0.39, 0.29) is 11.3 Å². The molecule has 0 saturated carbocycles. The van der Waals surface area contributed by atoms with Crippen molar-refractivity contribution >= 4 is 17.6 Å². The molecule has 2 amide bonds. The van der Waals surface area contributed by atoms with Crippen LogP contribution in [0.5, 0.6) is 0 Å². The molecule has 6 heteroatoms. The highest BCUT2D eigenvalue weighted by Gasteiger charge is 2.48. The van der Waals surface area contributed by atoms with Crippen molar-refractivity contribution in [3.05, 3.63) is 23.9 Å². The predicted octanol–water partition coefficient (Wildman–Crippen LogP) is 1.67. The van der Waals surface area contributed by atoms with Crippen molar-refractivity contribution in [2.45, 2.75) is 32.6 Å². The SMILES string of the molecule is CCCN1CCC[C@@]2(CCN(c3cccc(C(=O)NC)n3)C2)C1=O. The fourth-order valence-corrected chi connectivity index (χ4v) is 3.94. The van der Waals surface area contributed by atoms with Gasteiger partial charge in [-0.2, -0.15) is 0 Å². The molecule has 0 unspecified atom stereocenters. The standard InChI is InChI=1S/C18H26N4O2/c1-3-10-21-11-5-8-18(17(21)24)9-12-22(13-18)15-7-4-6-14(20-15)16(23)19-2/h4,6-7H,3,5,8-13H2,1-2H3,(H,19,23)/t18-/m0/s1. The lowest BCUT2D eigenvalue weighted by Gasteiger charge is -2.39. The van der Waals surface area contributed by atoms with Gasteiger partial charge in [0.15, 0.2) is 0 Å². The second-order valence-corrected chi connectivity index (χ2v) is 6.81. The number of hydrogen-bond acceptors (Lipinski definition) is 4. The number of likely N-dealkylation sites (tertiary alicyclic amines) is 1. The molecule has 0 radical (unpaired) electrons. The summed E-state index contributed by atoms with van der Waals surface area (Å²) in [5.41, 5.74) is 0.150. The lowest BCUT2D eigenvalue weighted by Crippen LogP contribution is -2.50. The highest BCUT2D eigenvalue weighted by Crippen LogP contribution is 2.41. The predicted molar refractivity (Wildman–Crippen MR) is 93.0 cm³/mol. The number of rotatable bonds is 4.